The average Bonchev–Trinajstić information content (AvgIpc) is 3.58. The van der Waals surface area contributed by atoms with Gasteiger partial charge in [0, 0.05) is 30.3 Å². The van der Waals surface area contributed by atoms with Crippen LogP contribution < -0.4 is 5.32 Å². The maximum absolute atomic E-state index is 13.6. The highest BCUT2D eigenvalue weighted by atomic mass is 19.4. The van der Waals surface area contributed by atoms with Gasteiger partial charge in [0.2, 0.25) is 0 Å². The largest absolute Gasteiger partial charge is 0.418 e. The van der Waals surface area contributed by atoms with Crippen molar-refractivity contribution in [1.82, 2.24) is 25.6 Å². The maximum atomic E-state index is 13.6. The smallest absolute Gasteiger partial charge is 0.321 e. The molecule has 2 N–H and O–H groups in total. The number of aromatic amines is 1. The Labute approximate surface area is 268 Å². The van der Waals surface area contributed by atoms with Gasteiger partial charge in [-0.2, -0.15) is 18.4 Å². The number of nitrogens with one attached hydrogen (secondary N) is 2. The molecule has 0 saturated heterocycles. The lowest BCUT2D eigenvalue weighted by atomic mass is 9.76. The minimum Gasteiger partial charge on any atom is -0.321 e. The van der Waals surface area contributed by atoms with Gasteiger partial charge in [0.25, 0.3) is 5.91 Å². The molecule has 5 aromatic rings. The number of carbonyl (C=O) groups excluding carboxylic acids is 2. The molecule has 0 radical (unpaired) electrons. The SMILES string of the molecule is Cc1cc(C(=O)Nc2ccc(F)cc2C(F)(F)F)c2ccc(-c3ccc(C4CCC(CC(=O)CCc5nn[nH]n5)CC4)cc3)cc2n1. The monoisotopic (exact) mass is 644 g/mol. The van der Waals surface area contributed by atoms with Crippen LogP contribution in [0.25, 0.3) is 22.0 Å². The number of hydrogen-bond donors (Lipinski definition) is 2. The summed E-state index contributed by atoms with van der Waals surface area (Å²) in [5.41, 5.74) is 2.53. The summed E-state index contributed by atoms with van der Waals surface area (Å²) in [5, 5.41) is 16.5. The number of hydrogen-bond acceptors (Lipinski definition) is 6. The van der Waals surface area contributed by atoms with Gasteiger partial charge >= 0.3 is 6.18 Å². The molecule has 2 aromatic heterocycles. The molecule has 0 spiro atoms. The van der Waals surface area contributed by atoms with Crippen LogP contribution in [0, 0.1) is 18.7 Å². The van der Waals surface area contributed by atoms with Gasteiger partial charge in [0.1, 0.15) is 11.6 Å². The third kappa shape index (κ3) is 7.53. The lowest BCUT2D eigenvalue weighted by molar-refractivity contribution is -0.137. The molecule has 1 saturated carbocycles. The van der Waals surface area contributed by atoms with Crippen molar-refractivity contribution < 1.29 is 27.2 Å². The number of aryl methyl sites for hydroxylation is 2. The van der Waals surface area contributed by atoms with Crippen molar-refractivity contribution in [3.63, 3.8) is 0 Å². The molecule has 6 rings (SSSR count). The number of alkyl halides is 3. The van der Waals surface area contributed by atoms with Crippen molar-refractivity contribution in [2.75, 3.05) is 5.32 Å². The van der Waals surface area contributed by atoms with Crippen LogP contribution in [-0.4, -0.2) is 37.3 Å². The first-order chi connectivity index (χ1) is 22.5. The zero-order valence-corrected chi connectivity index (χ0v) is 25.6. The molecule has 1 aliphatic rings. The molecule has 8 nitrogen and oxygen atoms in total. The van der Waals surface area contributed by atoms with Crippen molar-refractivity contribution in [3.05, 3.63) is 101 Å². The molecule has 1 amide bonds. The van der Waals surface area contributed by atoms with E-state index in [1.807, 2.05) is 12.1 Å². The minimum absolute atomic E-state index is 0.163. The highest BCUT2D eigenvalue weighted by molar-refractivity contribution is 6.13. The van der Waals surface area contributed by atoms with Gasteiger partial charge in [0.05, 0.1) is 22.3 Å². The molecule has 1 fully saturated rings. The molecule has 47 heavy (non-hydrogen) atoms. The van der Waals surface area contributed by atoms with E-state index >= 15 is 0 Å². The first-order valence-corrected chi connectivity index (χ1v) is 15.5. The number of halogens is 4. The quantitative estimate of drug-likeness (QED) is 0.157. The van der Waals surface area contributed by atoms with E-state index in [4.69, 9.17) is 0 Å². The van der Waals surface area contributed by atoms with Gasteiger partial charge < -0.3 is 5.32 Å². The van der Waals surface area contributed by atoms with Gasteiger partial charge in [0.15, 0.2) is 5.82 Å². The molecular formula is C35H32F4N6O2. The highest BCUT2D eigenvalue weighted by Crippen LogP contribution is 2.39. The molecule has 2 heterocycles. The number of tetrazole rings is 1. The summed E-state index contributed by atoms with van der Waals surface area (Å²) in [5.74, 6) is -0.188. The van der Waals surface area contributed by atoms with E-state index in [1.54, 1.807) is 13.0 Å². The van der Waals surface area contributed by atoms with Crippen LogP contribution in [0.4, 0.5) is 23.2 Å². The van der Waals surface area contributed by atoms with Gasteiger partial charge in [-0.3, -0.25) is 14.6 Å². The molecular weight excluding hydrogens is 612 g/mol. The van der Waals surface area contributed by atoms with Gasteiger partial charge in [-0.15, -0.1) is 10.2 Å². The number of aromatic nitrogens is 5. The van der Waals surface area contributed by atoms with Crippen LogP contribution in [0.3, 0.4) is 0 Å². The summed E-state index contributed by atoms with van der Waals surface area (Å²) in [4.78, 5) is 30.2. The number of rotatable bonds is 9. The summed E-state index contributed by atoms with van der Waals surface area (Å²) in [6.45, 7) is 1.71. The third-order valence-electron chi connectivity index (χ3n) is 8.81. The second kappa shape index (κ2) is 13.4. The van der Waals surface area contributed by atoms with E-state index in [-0.39, 0.29) is 11.3 Å². The van der Waals surface area contributed by atoms with Crippen LogP contribution >= 0.6 is 0 Å². The molecule has 242 valence electrons. The average molecular weight is 645 g/mol. The Kier molecular flexibility index (Phi) is 9.10. The summed E-state index contributed by atoms with van der Waals surface area (Å²) in [6.07, 6.45) is 0.729. The number of amides is 1. The van der Waals surface area contributed by atoms with Crippen molar-refractivity contribution in [2.24, 2.45) is 5.92 Å². The van der Waals surface area contributed by atoms with Crippen molar-refractivity contribution in [1.29, 1.82) is 0 Å². The first-order valence-electron chi connectivity index (χ1n) is 15.5. The second-order valence-electron chi connectivity index (χ2n) is 12.1. The van der Waals surface area contributed by atoms with E-state index in [2.05, 4.69) is 55.2 Å². The van der Waals surface area contributed by atoms with Crippen molar-refractivity contribution >= 4 is 28.3 Å². The number of H-pyrrole nitrogens is 1. The first kappa shape index (κ1) is 32.0. The van der Waals surface area contributed by atoms with E-state index < -0.39 is 29.2 Å². The number of ketones is 1. The topological polar surface area (TPSA) is 114 Å². The van der Waals surface area contributed by atoms with Crippen LogP contribution in [0.2, 0.25) is 0 Å². The second-order valence-corrected chi connectivity index (χ2v) is 12.1. The Morgan fingerprint density at radius 2 is 1.68 bits per heavy atom. The molecule has 1 aliphatic carbocycles. The summed E-state index contributed by atoms with van der Waals surface area (Å²) in [7, 11) is 0. The molecule has 0 unspecified atom stereocenters. The number of benzene rings is 3. The maximum Gasteiger partial charge on any atom is 0.418 e. The third-order valence-corrected chi connectivity index (χ3v) is 8.81. The molecule has 0 aliphatic heterocycles. The lowest BCUT2D eigenvalue weighted by Gasteiger charge is -2.28. The number of Topliss-reactive ketones (excluding diaryl/α,β-unsaturated/α-hetero) is 1. The standard InChI is InChI=1S/C35H32F4N6O2/c1-20-16-29(34(47)41-31-14-11-26(36)19-30(31)35(37,38)39)28-13-10-25(18-32(28)40-20)24-8-6-23(7-9-24)22-4-2-21(3-5-22)17-27(46)12-15-33-42-44-45-43-33/h6-11,13-14,16,18-19,21-22H,2-5,12,15,17H2,1H3,(H,41,47)(H,42,43,44,45). The lowest BCUT2D eigenvalue weighted by Crippen LogP contribution is -2.17. The molecule has 12 heteroatoms. The normalized spacial score (nSPS) is 16.7. The molecule has 0 bridgehead atoms. The number of fused-ring (bicyclic) bond motifs is 1. The van der Waals surface area contributed by atoms with Crippen LogP contribution in [-0.2, 0) is 17.4 Å². The van der Waals surface area contributed by atoms with Crippen LogP contribution in [0.1, 0.15) is 77.4 Å². The predicted molar refractivity (Wildman–Crippen MR) is 168 cm³/mol. The van der Waals surface area contributed by atoms with Gasteiger partial charge in [-0.05, 0) is 91.5 Å². The fourth-order valence-electron chi connectivity index (χ4n) is 6.39. The zero-order valence-electron chi connectivity index (χ0n) is 25.6. The van der Waals surface area contributed by atoms with Crippen LogP contribution in [0.15, 0.2) is 66.7 Å². The van der Waals surface area contributed by atoms with E-state index in [1.165, 1.54) is 11.6 Å². The number of pyridine rings is 1. The molecule has 3 aromatic carbocycles. The Hall–Kier alpha value is -5.00. The van der Waals surface area contributed by atoms with Gasteiger partial charge in [-0.25, -0.2) is 4.39 Å². The van der Waals surface area contributed by atoms with E-state index in [9.17, 15) is 27.2 Å². The summed E-state index contributed by atoms with van der Waals surface area (Å²) < 4.78 is 54.1. The van der Waals surface area contributed by atoms with Crippen LogP contribution in [0.5, 0.6) is 0 Å². The summed E-state index contributed by atoms with van der Waals surface area (Å²) >= 11 is 0. The highest BCUT2D eigenvalue weighted by Gasteiger charge is 2.34. The van der Waals surface area contributed by atoms with E-state index in [0.717, 1.165) is 48.9 Å². The minimum atomic E-state index is -4.84. The molecule has 0 atom stereocenters. The van der Waals surface area contributed by atoms with Crippen molar-refractivity contribution in [3.8, 4) is 11.1 Å². The Morgan fingerprint density at radius 3 is 2.38 bits per heavy atom. The van der Waals surface area contributed by atoms with E-state index in [0.29, 0.717) is 59.6 Å². The Morgan fingerprint density at radius 1 is 0.936 bits per heavy atom. The number of nitrogens with zero attached hydrogens (tertiary/aromatic N) is 4. The summed E-state index contributed by atoms with van der Waals surface area (Å²) in [6, 6.07) is 17.5. The number of anilines is 1. The number of carbonyl (C=O) groups is 2. The zero-order chi connectivity index (χ0) is 33.1. The Bertz CT molecular complexity index is 1900. The fraction of sp³-hybridized carbons (Fsp3) is 0.314. The Balaban J connectivity index is 1.11. The van der Waals surface area contributed by atoms with Crippen molar-refractivity contribution in [2.45, 2.75) is 64.0 Å². The fourth-order valence-corrected chi connectivity index (χ4v) is 6.39. The predicted octanol–water partition coefficient (Wildman–Crippen LogP) is 8.00. The van der Waals surface area contributed by atoms with Gasteiger partial charge in [-0.1, -0.05) is 41.6 Å².